The smallest absolute Gasteiger partial charge is 0.179 e. The number of Topliss-reactive ketones (excluding diaryl/α,β-unsaturated/α-hetero) is 1. The number of rotatable bonds is 2. The molecule has 0 aliphatic heterocycles. The van der Waals surface area contributed by atoms with Gasteiger partial charge in [0.2, 0.25) is 0 Å². The number of halogens is 2. The van der Waals surface area contributed by atoms with Gasteiger partial charge in [0, 0.05) is 27.2 Å². The molecule has 2 aromatic rings. The molecule has 0 bridgehead atoms. The van der Waals surface area contributed by atoms with Gasteiger partial charge in [0.25, 0.3) is 0 Å². The third-order valence-corrected chi connectivity index (χ3v) is 2.83. The highest BCUT2D eigenvalue weighted by molar-refractivity contribution is 6.33. The fourth-order valence-electron chi connectivity index (χ4n) is 1.72. The number of aromatic nitrogens is 1. The number of hydrogen-bond donors (Lipinski definition) is 1. The second kappa shape index (κ2) is 3.87. The molecular formula is C11H9Cl2NO. The minimum absolute atomic E-state index is 0.0136. The van der Waals surface area contributed by atoms with Crippen molar-refractivity contribution in [1.82, 2.24) is 4.98 Å². The van der Waals surface area contributed by atoms with E-state index in [-0.39, 0.29) is 11.7 Å². The van der Waals surface area contributed by atoms with Crippen molar-refractivity contribution in [2.24, 2.45) is 0 Å². The van der Waals surface area contributed by atoms with Gasteiger partial charge in [0.05, 0.1) is 5.88 Å². The highest BCUT2D eigenvalue weighted by Crippen LogP contribution is 2.25. The summed E-state index contributed by atoms with van der Waals surface area (Å²) in [7, 11) is 0. The monoisotopic (exact) mass is 241 g/mol. The average Bonchev–Trinajstić information content (AvgIpc) is 2.52. The number of hydrogen-bond acceptors (Lipinski definition) is 1. The van der Waals surface area contributed by atoms with Crippen LogP contribution in [0.2, 0.25) is 5.02 Å². The van der Waals surface area contributed by atoms with Crippen molar-refractivity contribution in [2.75, 3.05) is 5.88 Å². The zero-order chi connectivity index (χ0) is 11.0. The number of H-pyrrole nitrogens is 1. The van der Waals surface area contributed by atoms with E-state index in [0.717, 1.165) is 16.6 Å². The second-order valence-corrected chi connectivity index (χ2v) is 4.08. The number of aromatic amines is 1. The molecule has 0 saturated heterocycles. The SMILES string of the molecule is Cc1[nH]c2ccc(Cl)cc2c1C(=O)CCl. The Morgan fingerprint density at radius 1 is 1.47 bits per heavy atom. The van der Waals surface area contributed by atoms with E-state index in [1.807, 2.05) is 13.0 Å². The van der Waals surface area contributed by atoms with Gasteiger partial charge in [-0.2, -0.15) is 0 Å². The minimum Gasteiger partial charge on any atom is -0.358 e. The molecule has 0 amide bonds. The van der Waals surface area contributed by atoms with E-state index in [9.17, 15) is 4.79 Å². The van der Waals surface area contributed by atoms with Crippen LogP contribution >= 0.6 is 23.2 Å². The number of benzene rings is 1. The van der Waals surface area contributed by atoms with Gasteiger partial charge >= 0.3 is 0 Å². The van der Waals surface area contributed by atoms with Gasteiger partial charge in [-0.25, -0.2) is 0 Å². The second-order valence-electron chi connectivity index (χ2n) is 3.37. The molecule has 4 heteroatoms. The van der Waals surface area contributed by atoms with E-state index in [2.05, 4.69) is 4.98 Å². The number of carbonyl (C=O) groups excluding carboxylic acids is 1. The molecule has 15 heavy (non-hydrogen) atoms. The molecule has 0 fully saturated rings. The number of alkyl halides is 1. The third kappa shape index (κ3) is 1.75. The third-order valence-electron chi connectivity index (χ3n) is 2.35. The molecule has 2 rings (SSSR count). The maximum absolute atomic E-state index is 11.6. The molecule has 2 nitrogen and oxygen atoms in total. The molecule has 0 radical (unpaired) electrons. The van der Waals surface area contributed by atoms with E-state index >= 15 is 0 Å². The Labute approximate surface area is 97.2 Å². The zero-order valence-corrected chi connectivity index (χ0v) is 9.62. The summed E-state index contributed by atoms with van der Waals surface area (Å²) in [4.78, 5) is 14.8. The first-order chi connectivity index (χ1) is 7.13. The fourth-order valence-corrected chi connectivity index (χ4v) is 2.03. The molecule has 0 spiro atoms. The highest BCUT2D eigenvalue weighted by Gasteiger charge is 2.14. The normalized spacial score (nSPS) is 10.9. The predicted molar refractivity (Wildman–Crippen MR) is 63.1 cm³/mol. The topological polar surface area (TPSA) is 32.9 Å². The van der Waals surface area contributed by atoms with Crippen molar-refractivity contribution >= 4 is 39.9 Å². The minimum atomic E-state index is -0.0808. The molecule has 0 atom stereocenters. The Kier molecular flexibility index (Phi) is 2.72. The molecule has 1 heterocycles. The van der Waals surface area contributed by atoms with E-state index in [1.54, 1.807) is 12.1 Å². The van der Waals surface area contributed by atoms with Crippen LogP contribution in [0.25, 0.3) is 10.9 Å². The molecule has 78 valence electrons. The van der Waals surface area contributed by atoms with E-state index in [0.29, 0.717) is 10.6 Å². The number of nitrogens with one attached hydrogen (secondary N) is 1. The van der Waals surface area contributed by atoms with Crippen molar-refractivity contribution in [1.29, 1.82) is 0 Å². The lowest BCUT2D eigenvalue weighted by Gasteiger charge is -1.96. The number of fused-ring (bicyclic) bond motifs is 1. The van der Waals surface area contributed by atoms with Crippen molar-refractivity contribution in [3.05, 3.63) is 34.5 Å². The molecular weight excluding hydrogens is 233 g/mol. The number of carbonyl (C=O) groups is 1. The molecule has 1 aromatic carbocycles. The van der Waals surface area contributed by atoms with Crippen LogP contribution in [0.1, 0.15) is 16.1 Å². The lowest BCUT2D eigenvalue weighted by molar-refractivity contribution is 0.102. The Bertz CT molecular complexity index is 531. The summed E-state index contributed by atoms with van der Waals surface area (Å²) in [5.41, 5.74) is 2.38. The summed E-state index contributed by atoms with van der Waals surface area (Å²) in [6.07, 6.45) is 0. The van der Waals surface area contributed by atoms with Gasteiger partial charge < -0.3 is 4.98 Å². The molecule has 1 aromatic heterocycles. The maximum atomic E-state index is 11.6. The molecule has 0 saturated carbocycles. The van der Waals surface area contributed by atoms with Crippen LogP contribution in [0.5, 0.6) is 0 Å². The van der Waals surface area contributed by atoms with Gasteiger partial charge in [-0.3, -0.25) is 4.79 Å². The molecule has 0 aliphatic rings. The Balaban J connectivity index is 2.76. The van der Waals surface area contributed by atoms with Crippen molar-refractivity contribution in [3.8, 4) is 0 Å². The predicted octanol–water partition coefficient (Wildman–Crippen LogP) is 3.55. The Morgan fingerprint density at radius 2 is 2.20 bits per heavy atom. The standard InChI is InChI=1S/C11H9Cl2NO/c1-6-11(10(15)5-12)8-4-7(13)2-3-9(8)14-6/h2-4,14H,5H2,1H3. The largest absolute Gasteiger partial charge is 0.358 e. The van der Waals surface area contributed by atoms with Crippen molar-refractivity contribution in [2.45, 2.75) is 6.92 Å². The summed E-state index contributed by atoms with van der Waals surface area (Å²) in [5, 5.41) is 1.45. The first-order valence-electron chi connectivity index (χ1n) is 4.50. The maximum Gasteiger partial charge on any atom is 0.179 e. The van der Waals surface area contributed by atoms with E-state index in [4.69, 9.17) is 23.2 Å². The Hall–Kier alpha value is -0.990. The molecule has 0 unspecified atom stereocenters. The van der Waals surface area contributed by atoms with Crippen LogP contribution in [0.15, 0.2) is 18.2 Å². The van der Waals surface area contributed by atoms with Crippen LogP contribution in [-0.4, -0.2) is 16.6 Å². The summed E-state index contributed by atoms with van der Waals surface area (Å²) in [6, 6.07) is 5.42. The van der Waals surface area contributed by atoms with E-state index in [1.165, 1.54) is 0 Å². The number of aryl methyl sites for hydroxylation is 1. The summed E-state index contributed by atoms with van der Waals surface area (Å²) < 4.78 is 0. The molecule has 0 aliphatic carbocycles. The summed E-state index contributed by atoms with van der Waals surface area (Å²) in [5.74, 6) is -0.0944. The van der Waals surface area contributed by atoms with Crippen molar-refractivity contribution < 1.29 is 4.79 Å². The van der Waals surface area contributed by atoms with Gasteiger partial charge in [0.15, 0.2) is 5.78 Å². The first kappa shape index (κ1) is 10.5. The van der Waals surface area contributed by atoms with Gasteiger partial charge in [-0.15, -0.1) is 11.6 Å². The van der Waals surface area contributed by atoms with Crippen LogP contribution in [0.3, 0.4) is 0 Å². The first-order valence-corrected chi connectivity index (χ1v) is 5.41. The van der Waals surface area contributed by atoms with Crippen LogP contribution in [0.4, 0.5) is 0 Å². The van der Waals surface area contributed by atoms with Crippen LogP contribution in [0, 0.1) is 6.92 Å². The van der Waals surface area contributed by atoms with Crippen LogP contribution in [-0.2, 0) is 0 Å². The quantitative estimate of drug-likeness (QED) is 0.633. The lowest BCUT2D eigenvalue weighted by Crippen LogP contribution is -2.01. The Morgan fingerprint density at radius 3 is 2.87 bits per heavy atom. The molecule has 1 N–H and O–H groups in total. The van der Waals surface area contributed by atoms with Gasteiger partial charge in [-0.1, -0.05) is 11.6 Å². The van der Waals surface area contributed by atoms with Gasteiger partial charge in [-0.05, 0) is 25.1 Å². The summed E-state index contributed by atoms with van der Waals surface area (Å²) >= 11 is 11.4. The average molecular weight is 242 g/mol. The summed E-state index contributed by atoms with van der Waals surface area (Å²) in [6.45, 7) is 1.85. The zero-order valence-electron chi connectivity index (χ0n) is 8.10. The van der Waals surface area contributed by atoms with Gasteiger partial charge in [0.1, 0.15) is 0 Å². The van der Waals surface area contributed by atoms with Crippen LogP contribution < -0.4 is 0 Å². The lowest BCUT2D eigenvalue weighted by atomic mass is 10.1. The number of ketones is 1. The van der Waals surface area contributed by atoms with E-state index < -0.39 is 0 Å². The fraction of sp³-hybridized carbons (Fsp3) is 0.182. The highest BCUT2D eigenvalue weighted by atomic mass is 35.5. The van der Waals surface area contributed by atoms with Crippen molar-refractivity contribution in [3.63, 3.8) is 0 Å².